The Bertz CT molecular complexity index is 708. The minimum atomic E-state index is -3.68. The molecule has 0 aromatic heterocycles. The molecule has 0 saturated heterocycles. The van der Waals surface area contributed by atoms with Crippen LogP contribution in [0.5, 0.6) is 0 Å². The Balaban J connectivity index is 2.27. The van der Waals surface area contributed by atoms with Gasteiger partial charge in [0.2, 0.25) is 10.0 Å². The highest BCUT2D eigenvalue weighted by atomic mass is 32.2. The van der Waals surface area contributed by atoms with E-state index in [1.165, 1.54) is 12.0 Å². The summed E-state index contributed by atoms with van der Waals surface area (Å²) in [5.41, 5.74) is 3.15. The van der Waals surface area contributed by atoms with E-state index in [2.05, 4.69) is 19.1 Å². The number of primary sulfonamides is 1. The molecule has 3 nitrogen and oxygen atoms in total. The predicted octanol–water partition coefficient (Wildman–Crippen LogP) is 3.27. The predicted molar refractivity (Wildman–Crippen MR) is 85.7 cm³/mol. The first-order valence-electron chi connectivity index (χ1n) is 7.19. The quantitative estimate of drug-likeness (QED) is 0.890. The van der Waals surface area contributed by atoms with Gasteiger partial charge in [0.1, 0.15) is 0 Å². The largest absolute Gasteiger partial charge is 0.238 e. The lowest BCUT2D eigenvalue weighted by Gasteiger charge is -2.09. The van der Waals surface area contributed by atoms with Gasteiger partial charge in [0, 0.05) is 0 Å². The molecule has 0 atom stereocenters. The van der Waals surface area contributed by atoms with E-state index in [9.17, 15) is 8.42 Å². The van der Waals surface area contributed by atoms with Gasteiger partial charge in [0.15, 0.2) is 0 Å². The van der Waals surface area contributed by atoms with Crippen LogP contribution in [0.1, 0.15) is 36.5 Å². The molecule has 0 aliphatic carbocycles. The number of hydrogen-bond donors (Lipinski definition) is 1. The van der Waals surface area contributed by atoms with Crippen molar-refractivity contribution in [1.29, 1.82) is 0 Å². The van der Waals surface area contributed by atoms with Crippen molar-refractivity contribution >= 4 is 10.0 Å². The standard InChI is InChI=1S/C17H21NO2S/c1-2-3-7-14-8-6-9-15(12-14)13-16-10-4-5-11-17(16)21(18,19)20/h4-6,8-12H,2-3,7,13H2,1H3,(H2,18,19,20). The van der Waals surface area contributed by atoms with Crippen LogP contribution in [0.3, 0.4) is 0 Å². The highest BCUT2D eigenvalue weighted by Gasteiger charge is 2.13. The Morgan fingerprint density at radius 1 is 1.00 bits per heavy atom. The fourth-order valence-corrected chi connectivity index (χ4v) is 3.20. The summed E-state index contributed by atoms with van der Waals surface area (Å²) < 4.78 is 23.3. The minimum absolute atomic E-state index is 0.212. The third-order valence-corrected chi connectivity index (χ3v) is 4.50. The number of hydrogen-bond acceptors (Lipinski definition) is 2. The van der Waals surface area contributed by atoms with Crippen LogP contribution in [0.15, 0.2) is 53.4 Å². The van der Waals surface area contributed by atoms with Crippen LogP contribution in [0.25, 0.3) is 0 Å². The molecule has 0 fully saturated rings. The molecule has 0 radical (unpaired) electrons. The van der Waals surface area contributed by atoms with Crippen molar-refractivity contribution in [3.8, 4) is 0 Å². The first-order valence-corrected chi connectivity index (χ1v) is 8.74. The van der Waals surface area contributed by atoms with Crippen molar-refractivity contribution in [2.24, 2.45) is 5.14 Å². The highest BCUT2D eigenvalue weighted by Crippen LogP contribution is 2.19. The summed E-state index contributed by atoms with van der Waals surface area (Å²) in [6.45, 7) is 2.17. The van der Waals surface area contributed by atoms with Crippen LogP contribution >= 0.6 is 0 Å². The topological polar surface area (TPSA) is 60.2 Å². The lowest BCUT2D eigenvalue weighted by Crippen LogP contribution is -2.14. The number of rotatable bonds is 6. The lowest BCUT2D eigenvalue weighted by atomic mass is 10.0. The lowest BCUT2D eigenvalue weighted by molar-refractivity contribution is 0.597. The van der Waals surface area contributed by atoms with E-state index in [0.717, 1.165) is 24.0 Å². The van der Waals surface area contributed by atoms with E-state index in [1.54, 1.807) is 12.1 Å². The molecule has 2 N–H and O–H groups in total. The molecule has 4 heteroatoms. The van der Waals surface area contributed by atoms with E-state index in [1.807, 2.05) is 24.3 Å². The molecule has 0 spiro atoms. The number of sulfonamides is 1. The second-order valence-corrected chi connectivity index (χ2v) is 6.78. The van der Waals surface area contributed by atoms with Gasteiger partial charge in [-0.25, -0.2) is 13.6 Å². The fourth-order valence-electron chi connectivity index (χ4n) is 2.42. The minimum Gasteiger partial charge on any atom is -0.225 e. The molecule has 2 aromatic carbocycles. The van der Waals surface area contributed by atoms with Gasteiger partial charge in [-0.15, -0.1) is 0 Å². The van der Waals surface area contributed by atoms with Crippen molar-refractivity contribution in [3.63, 3.8) is 0 Å². The van der Waals surface area contributed by atoms with Gasteiger partial charge in [-0.2, -0.15) is 0 Å². The maximum Gasteiger partial charge on any atom is 0.238 e. The fraction of sp³-hybridized carbons (Fsp3) is 0.294. The highest BCUT2D eigenvalue weighted by molar-refractivity contribution is 7.89. The molecule has 112 valence electrons. The van der Waals surface area contributed by atoms with Crippen LogP contribution in [-0.2, 0) is 22.9 Å². The summed E-state index contributed by atoms with van der Waals surface area (Å²) >= 11 is 0. The van der Waals surface area contributed by atoms with Crippen LogP contribution in [0.4, 0.5) is 0 Å². The zero-order valence-electron chi connectivity index (χ0n) is 12.2. The Morgan fingerprint density at radius 3 is 2.43 bits per heavy atom. The zero-order valence-corrected chi connectivity index (χ0v) is 13.1. The van der Waals surface area contributed by atoms with Gasteiger partial charge in [-0.1, -0.05) is 55.8 Å². The average Bonchev–Trinajstić information content (AvgIpc) is 2.45. The molecule has 0 saturated carbocycles. The number of nitrogens with two attached hydrogens (primary N) is 1. The zero-order chi connectivity index (χ0) is 15.3. The van der Waals surface area contributed by atoms with Crippen molar-refractivity contribution in [1.82, 2.24) is 0 Å². The smallest absolute Gasteiger partial charge is 0.225 e. The van der Waals surface area contributed by atoms with Crippen molar-refractivity contribution in [2.45, 2.75) is 37.5 Å². The Kier molecular flexibility index (Phi) is 5.15. The van der Waals surface area contributed by atoms with Crippen molar-refractivity contribution in [3.05, 3.63) is 65.2 Å². The molecule has 0 aliphatic rings. The second kappa shape index (κ2) is 6.87. The van der Waals surface area contributed by atoms with Crippen molar-refractivity contribution < 1.29 is 8.42 Å². The van der Waals surface area contributed by atoms with Crippen LogP contribution in [0.2, 0.25) is 0 Å². The van der Waals surface area contributed by atoms with Gasteiger partial charge >= 0.3 is 0 Å². The maximum atomic E-state index is 11.6. The Labute approximate surface area is 126 Å². The summed E-state index contributed by atoms with van der Waals surface area (Å²) in [5.74, 6) is 0. The summed E-state index contributed by atoms with van der Waals surface area (Å²) in [5, 5.41) is 5.28. The number of benzene rings is 2. The third kappa shape index (κ3) is 4.41. The van der Waals surface area contributed by atoms with Gasteiger partial charge in [0.05, 0.1) is 4.90 Å². The molecule has 0 unspecified atom stereocenters. The first-order chi connectivity index (χ1) is 10.0. The normalized spacial score (nSPS) is 11.5. The van der Waals surface area contributed by atoms with E-state index in [4.69, 9.17) is 5.14 Å². The van der Waals surface area contributed by atoms with Crippen LogP contribution < -0.4 is 5.14 Å². The molecular weight excluding hydrogens is 282 g/mol. The van der Waals surface area contributed by atoms with Gasteiger partial charge < -0.3 is 0 Å². The van der Waals surface area contributed by atoms with E-state index >= 15 is 0 Å². The molecule has 0 heterocycles. The second-order valence-electron chi connectivity index (χ2n) is 5.25. The van der Waals surface area contributed by atoms with E-state index in [0.29, 0.717) is 6.42 Å². The third-order valence-electron chi connectivity index (χ3n) is 3.48. The molecular formula is C17H21NO2S. The first kappa shape index (κ1) is 15.7. The molecule has 2 aromatic rings. The molecule has 0 amide bonds. The Hall–Kier alpha value is -1.65. The summed E-state index contributed by atoms with van der Waals surface area (Å²) in [6, 6.07) is 15.2. The molecule has 0 aliphatic heterocycles. The van der Waals surface area contributed by atoms with Gasteiger partial charge in [-0.3, -0.25) is 0 Å². The SMILES string of the molecule is CCCCc1cccc(Cc2ccccc2S(N)(=O)=O)c1. The van der Waals surface area contributed by atoms with E-state index < -0.39 is 10.0 Å². The Morgan fingerprint density at radius 2 is 1.71 bits per heavy atom. The van der Waals surface area contributed by atoms with Gasteiger partial charge in [-0.05, 0) is 42.0 Å². The summed E-state index contributed by atoms with van der Waals surface area (Å²) in [6.07, 6.45) is 3.96. The molecule has 2 rings (SSSR count). The average molecular weight is 303 g/mol. The monoisotopic (exact) mass is 303 g/mol. The van der Waals surface area contributed by atoms with E-state index in [-0.39, 0.29) is 4.90 Å². The van der Waals surface area contributed by atoms with Crippen molar-refractivity contribution in [2.75, 3.05) is 0 Å². The van der Waals surface area contributed by atoms with Crippen LogP contribution in [-0.4, -0.2) is 8.42 Å². The molecule has 21 heavy (non-hydrogen) atoms. The summed E-state index contributed by atoms with van der Waals surface area (Å²) in [4.78, 5) is 0.212. The number of unbranched alkanes of at least 4 members (excludes halogenated alkanes) is 1. The summed E-state index contributed by atoms with van der Waals surface area (Å²) in [7, 11) is -3.68. The maximum absolute atomic E-state index is 11.6. The van der Waals surface area contributed by atoms with Crippen LogP contribution in [0, 0.1) is 0 Å². The molecule has 0 bridgehead atoms. The number of aryl methyl sites for hydroxylation is 1. The van der Waals surface area contributed by atoms with Gasteiger partial charge in [0.25, 0.3) is 0 Å².